The number of benzene rings is 1. The van der Waals surface area contributed by atoms with E-state index >= 15 is 0 Å². The molecule has 1 fully saturated rings. The van der Waals surface area contributed by atoms with Crippen molar-refractivity contribution in [3.05, 3.63) is 35.6 Å². The van der Waals surface area contributed by atoms with Crippen LogP contribution in [0.3, 0.4) is 0 Å². The van der Waals surface area contributed by atoms with Crippen molar-refractivity contribution in [1.82, 2.24) is 4.90 Å². The Hall–Kier alpha value is -0.930. The first kappa shape index (κ1) is 13.5. The highest BCUT2D eigenvalue weighted by Crippen LogP contribution is 2.23. The third kappa shape index (κ3) is 3.30. The minimum Gasteiger partial charge on any atom is -0.391 e. The molecule has 0 unspecified atom stereocenters. The van der Waals surface area contributed by atoms with Gasteiger partial charge in [-0.2, -0.15) is 0 Å². The molecule has 18 heavy (non-hydrogen) atoms. The number of nitrogens with zero attached hydrogens (tertiary/aromatic N) is 1. The zero-order valence-electron chi connectivity index (χ0n) is 11.1. The molecule has 2 rings (SSSR count). The lowest BCUT2D eigenvalue weighted by Gasteiger charge is -2.38. The van der Waals surface area contributed by atoms with Gasteiger partial charge in [0.25, 0.3) is 0 Å². The molecule has 1 aromatic rings. The zero-order chi connectivity index (χ0) is 13.1. The zero-order valence-corrected chi connectivity index (χ0v) is 11.1. The predicted molar refractivity (Wildman–Crippen MR) is 70.9 cm³/mol. The molecule has 1 heterocycles. The molecule has 1 aliphatic rings. The molecule has 1 N–H and O–H groups in total. The average Bonchev–Trinajstić information content (AvgIpc) is 2.34. The number of hydrogen-bond acceptors (Lipinski definition) is 2. The molecule has 100 valence electrons. The van der Waals surface area contributed by atoms with Crippen LogP contribution < -0.4 is 0 Å². The summed E-state index contributed by atoms with van der Waals surface area (Å²) < 4.78 is 12.8. The molecular formula is C15H22FNO. The van der Waals surface area contributed by atoms with Crippen LogP contribution in [-0.2, 0) is 6.42 Å². The molecule has 1 saturated heterocycles. The SMILES string of the molecule is CC(C)N1CC[C@H](Cc2ccc(F)cc2)[C@@H](O)C1. The Labute approximate surface area is 108 Å². The van der Waals surface area contributed by atoms with Gasteiger partial charge in [-0.3, -0.25) is 4.90 Å². The fourth-order valence-electron chi connectivity index (χ4n) is 2.64. The van der Waals surface area contributed by atoms with Crippen LogP contribution in [-0.4, -0.2) is 35.2 Å². The number of aliphatic hydroxyl groups is 1. The topological polar surface area (TPSA) is 23.5 Å². The van der Waals surface area contributed by atoms with Crippen LogP contribution in [0.5, 0.6) is 0 Å². The second-order valence-electron chi connectivity index (χ2n) is 5.54. The number of halogens is 1. The van der Waals surface area contributed by atoms with Crippen LogP contribution in [0.2, 0.25) is 0 Å². The Balaban J connectivity index is 1.93. The number of aliphatic hydroxyl groups excluding tert-OH is 1. The summed E-state index contributed by atoms with van der Waals surface area (Å²) in [5.41, 5.74) is 1.11. The second-order valence-corrected chi connectivity index (χ2v) is 5.54. The van der Waals surface area contributed by atoms with E-state index in [4.69, 9.17) is 0 Å². The van der Waals surface area contributed by atoms with Crippen LogP contribution >= 0.6 is 0 Å². The third-order valence-corrected chi connectivity index (χ3v) is 3.89. The van der Waals surface area contributed by atoms with Crippen molar-refractivity contribution >= 4 is 0 Å². The Morgan fingerprint density at radius 1 is 1.33 bits per heavy atom. The number of β-amino-alcohol motifs (C(OH)–C–C–N with tert-alkyl or cyclic N) is 1. The molecule has 0 saturated carbocycles. The molecule has 0 spiro atoms. The molecule has 1 aliphatic heterocycles. The van der Waals surface area contributed by atoms with Crippen LogP contribution in [0.15, 0.2) is 24.3 Å². The normalized spacial score (nSPS) is 25.6. The summed E-state index contributed by atoms with van der Waals surface area (Å²) in [6, 6.07) is 7.11. The van der Waals surface area contributed by atoms with Gasteiger partial charge in [0.2, 0.25) is 0 Å². The second kappa shape index (κ2) is 5.81. The lowest BCUT2D eigenvalue weighted by molar-refractivity contribution is 0.00975. The monoisotopic (exact) mass is 251 g/mol. The van der Waals surface area contributed by atoms with Gasteiger partial charge in [0.1, 0.15) is 5.82 Å². The number of rotatable bonds is 3. The molecule has 1 aromatic carbocycles. The van der Waals surface area contributed by atoms with Gasteiger partial charge in [0, 0.05) is 12.6 Å². The maximum absolute atomic E-state index is 12.8. The summed E-state index contributed by atoms with van der Waals surface area (Å²) in [6.45, 7) is 6.12. The lowest BCUT2D eigenvalue weighted by Crippen LogP contribution is -2.47. The lowest BCUT2D eigenvalue weighted by atomic mass is 9.87. The average molecular weight is 251 g/mol. The van der Waals surface area contributed by atoms with Gasteiger partial charge >= 0.3 is 0 Å². The van der Waals surface area contributed by atoms with Gasteiger partial charge in [-0.15, -0.1) is 0 Å². The molecule has 0 aliphatic carbocycles. The summed E-state index contributed by atoms with van der Waals surface area (Å²) in [4.78, 5) is 2.31. The van der Waals surface area contributed by atoms with Crippen LogP contribution in [0.25, 0.3) is 0 Å². The summed E-state index contributed by atoms with van der Waals surface area (Å²) in [6.07, 6.45) is 1.58. The predicted octanol–water partition coefficient (Wildman–Crippen LogP) is 2.46. The summed E-state index contributed by atoms with van der Waals surface area (Å²) in [5.74, 6) is 0.0967. The van der Waals surface area contributed by atoms with E-state index in [1.165, 1.54) is 12.1 Å². The van der Waals surface area contributed by atoms with Crippen molar-refractivity contribution in [1.29, 1.82) is 0 Å². The molecule has 2 nitrogen and oxygen atoms in total. The largest absolute Gasteiger partial charge is 0.391 e. The van der Waals surface area contributed by atoms with Crippen molar-refractivity contribution in [3.8, 4) is 0 Å². The van der Waals surface area contributed by atoms with E-state index in [1.807, 2.05) is 12.1 Å². The molecule has 3 heteroatoms. The minimum absolute atomic E-state index is 0.200. The van der Waals surface area contributed by atoms with Crippen LogP contribution in [0.4, 0.5) is 4.39 Å². The van der Waals surface area contributed by atoms with Gasteiger partial charge < -0.3 is 5.11 Å². The highest BCUT2D eigenvalue weighted by molar-refractivity contribution is 5.17. The van der Waals surface area contributed by atoms with E-state index in [-0.39, 0.29) is 11.9 Å². The van der Waals surface area contributed by atoms with E-state index in [0.29, 0.717) is 12.0 Å². The number of piperidine rings is 1. The fraction of sp³-hybridized carbons (Fsp3) is 0.600. The van der Waals surface area contributed by atoms with Gasteiger partial charge in [-0.05, 0) is 56.8 Å². The van der Waals surface area contributed by atoms with E-state index < -0.39 is 0 Å². The molecule has 0 aromatic heterocycles. The van der Waals surface area contributed by atoms with Crippen molar-refractivity contribution in [2.75, 3.05) is 13.1 Å². The molecule has 0 bridgehead atoms. The van der Waals surface area contributed by atoms with Crippen molar-refractivity contribution in [2.24, 2.45) is 5.92 Å². The van der Waals surface area contributed by atoms with Crippen molar-refractivity contribution in [2.45, 2.75) is 38.8 Å². The van der Waals surface area contributed by atoms with E-state index in [1.54, 1.807) is 0 Å². The van der Waals surface area contributed by atoms with Gasteiger partial charge in [0.15, 0.2) is 0 Å². The van der Waals surface area contributed by atoms with Gasteiger partial charge in [-0.1, -0.05) is 12.1 Å². The Morgan fingerprint density at radius 2 is 2.00 bits per heavy atom. The molecular weight excluding hydrogens is 229 g/mol. The van der Waals surface area contributed by atoms with Crippen LogP contribution in [0.1, 0.15) is 25.8 Å². The molecule has 0 amide bonds. The highest BCUT2D eigenvalue weighted by atomic mass is 19.1. The van der Waals surface area contributed by atoms with E-state index in [9.17, 15) is 9.50 Å². The van der Waals surface area contributed by atoms with Gasteiger partial charge in [-0.25, -0.2) is 4.39 Å². The number of likely N-dealkylation sites (tertiary alicyclic amines) is 1. The highest BCUT2D eigenvalue weighted by Gasteiger charge is 2.28. The first-order chi connectivity index (χ1) is 8.56. The van der Waals surface area contributed by atoms with Gasteiger partial charge in [0.05, 0.1) is 6.10 Å². The third-order valence-electron chi connectivity index (χ3n) is 3.89. The smallest absolute Gasteiger partial charge is 0.123 e. The summed E-state index contributed by atoms with van der Waals surface area (Å²) >= 11 is 0. The maximum atomic E-state index is 12.8. The first-order valence-electron chi connectivity index (χ1n) is 6.73. The maximum Gasteiger partial charge on any atom is 0.123 e. The summed E-state index contributed by atoms with van der Waals surface area (Å²) in [5, 5.41) is 10.2. The van der Waals surface area contributed by atoms with Crippen molar-refractivity contribution in [3.63, 3.8) is 0 Å². The standard InChI is InChI=1S/C15H22FNO/c1-11(2)17-8-7-13(15(18)10-17)9-12-3-5-14(16)6-4-12/h3-6,11,13,15,18H,7-10H2,1-2H3/t13-,15+/m1/s1. The fourth-order valence-corrected chi connectivity index (χ4v) is 2.64. The molecule has 0 radical (unpaired) electrons. The Bertz CT molecular complexity index is 377. The van der Waals surface area contributed by atoms with Crippen molar-refractivity contribution < 1.29 is 9.50 Å². The van der Waals surface area contributed by atoms with E-state index in [0.717, 1.165) is 31.5 Å². The quantitative estimate of drug-likeness (QED) is 0.892. The minimum atomic E-state index is -0.272. The first-order valence-corrected chi connectivity index (χ1v) is 6.73. The number of hydrogen-bond donors (Lipinski definition) is 1. The molecule has 2 atom stereocenters. The summed E-state index contributed by atoms with van der Waals surface area (Å²) in [7, 11) is 0. The van der Waals surface area contributed by atoms with Crippen LogP contribution in [0, 0.1) is 11.7 Å². The Kier molecular flexibility index (Phi) is 4.36. The van der Waals surface area contributed by atoms with E-state index in [2.05, 4.69) is 18.7 Å². The Morgan fingerprint density at radius 3 is 2.56 bits per heavy atom.